The van der Waals surface area contributed by atoms with E-state index in [4.69, 9.17) is 21.1 Å². The van der Waals surface area contributed by atoms with Crippen LogP contribution in [0.2, 0.25) is 5.02 Å². The van der Waals surface area contributed by atoms with Gasteiger partial charge in [-0.1, -0.05) is 30.7 Å². The molecule has 1 amide bonds. The number of methoxy groups -OCH3 is 1. The number of nitrogens with one attached hydrogen (secondary N) is 1. The van der Waals surface area contributed by atoms with Crippen molar-refractivity contribution < 1.29 is 14.3 Å². The summed E-state index contributed by atoms with van der Waals surface area (Å²) in [6.45, 7) is 1.85. The van der Waals surface area contributed by atoms with Gasteiger partial charge in [0.1, 0.15) is 11.5 Å². The molecular formula is C18H19ClN2O3. The molecule has 0 saturated heterocycles. The van der Waals surface area contributed by atoms with Crippen molar-refractivity contribution in [1.82, 2.24) is 5.43 Å². The van der Waals surface area contributed by atoms with E-state index < -0.39 is 0 Å². The van der Waals surface area contributed by atoms with Crippen LogP contribution in [0.3, 0.4) is 0 Å². The number of amides is 1. The lowest BCUT2D eigenvalue weighted by Gasteiger charge is -2.07. The topological polar surface area (TPSA) is 59.9 Å². The third-order valence-electron chi connectivity index (χ3n) is 3.26. The Bertz CT molecular complexity index is 697. The van der Waals surface area contributed by atoms with Crippen LogP contribution in [0.5, 0.6) is 11.5 Å². The van der Waals surface area contributed by atoms with E-state index >= 15 is 0 Å². The van der Waals surface area contributed by atoms with Gasteiger partial charge in [0.05, 0.1) is 12.8 Å². The zero-order valence-electron chi connectivity index (χ0n) is 13.6. The minimum Gasteiger partial charge on any atom is -0.497 e. The summed E-state index contributed by atoms with van der Waals surface area (Å²) in [5, 5.41) is 4.81. The van der Waals surface area contributed by atoms with Crippen LogP contribution in [0.1, 0.15) is 18.9 Å². The van der Waals surface area contributed by atoms with Crippen molar-refractivity contribution in [3.8, 4) is 11.5 Å². The van der Waals surface area contributed by atoms with E-state index in [-0.39, 0.29) is 12.5 Å². The lowest BCUT2D eigenvalue weighted by atomic mass is 10.1. The Hall–Kier alpha value is -2.53. The smallest absolute Gasteiger partial charge is 0.277 e. The van der Waals surface area contributed by atoms with Gasteiger partial charge in [-0.3, -0.25) is 4.79 Å². The minimum atomic E-state index is -0.328. The van der Waals surface area contributed by atoms with Gasteiger partial charge in [0.2, 0.25) is 0 Å². The van der Waals surface area contributed by atoms with E-state index in [1.54, 1.807) is 43.5 Å². The first-order valence-corrected chi connectivity index (χ1v) is 7.88. The Kier molecular flexibility index (Phi) is 6.63. The SMILES string of the molecule is CC/C(=N/NC(=O)COc1ccc(OC)cc1)c1ccc(Cl)cc1. The van der Waals surface area contributed by atoms with Crippen LogP contribution >= 0.6 is 11.6 Å². The molecule has 0 aliphatic heterocycles. The molecule has 0 unspecified atom stereocenters. The normalized spacial score (nSPS) is 11.0. The first-order valence-electron chi connectivity index (χ1n) is 7.50. The van der Waals surface area contributed by atoms with Crippen LogP contribution in [0.25, 0.3) is 0 Å². The van der Waals surface area contributed by atoms with Gasteiger partial charge in [0.15, 0.2) is 6.61 Å². The highest BCUT2D eigenvalue weighted by atomic mass is 35.5. The summed E-state index contributed by atoms with van der Waals surface area (Å²) < 4.78 is 10.5. The van der Waals surface area contributed by atoms with Gasteiger partial charge in [-0.25, -0.2) is 5.43 Å². The van der Waals surface area contributed by atoms with Gasteiger partial charge in [-0.2, -0.15) is 5.10 Å². The number of ether oxygens (including phenoxy) is 2. The van der Waals surface area contributed by atoms with Gasteiger partial charge in [-0.05, 0) is 48.4 Å². The first kappa shape index (κ1) is 17.8. The second kappa shape index (κ2) is 8.93. The van der Waals surface area contributed by atoms with Crippen LogP contribution in [0.4, 0.5) is 0 Å². The second-order valence-corrected chi connectivity index (χ2v) is 5.35. The zero-order valence-corrected chi connectivity index (χ0v) is 14.3. The van der Waals surface area contributed by atoms with Gasteiger partial charge >= 0.3 is 0 Å². The molecule has 1 N–H and O–H groups in total. The minimum absolute atomic E-state index is 0.118. The van der Waals surface area contributed by atoms with Gasteiger partial charge in [0.25, 0.3) is 5.91 Å². The highest BCUT2D eigenvalue weighted by molar-refractivity contribution is 6.30. The van der Waals surface area contributed by atoms with E-state index in [0.29, 0.717) is 17.2 Å². The summed E-state index contributed by atoms with van der Waals surface area (Å²) >= 11 is 5.87. The number of hydrogen-bond acceptors (Lipinski definition) is 4. The van der Waals surface area contributed by atoms with Crippen molar-refractivity contribution in [2.75, 3.05) is 13.7 Å². The van der Waals surface area contributed by atoms with Crippen molar-refractivity contribution in [2.45, 2.75) is 13.3 Å². The van der Waals surface area contributed by atoms with Gasteiger partial charge < -0.3 is 9.47 Å². The second-order valence-electron chi connectivity index (χ2n) is 4.92. The first-order chi connectivity index (χ1) is 11.6. The molecule has 126 valence electrons. The van der Waals surface area contributed by atoms with Gasteiger partial charge in [0, 0.05) is 5.02 Å². The molecule has 2 aromatic rings. The van der Waals surface area contributed by atoms with Crippen LogP contribution in [0.15, 0.2) is 53.6 Å². The van der Waals surface area contributed by atoms with Gasteiger partial charge in [-0.15, -0.1) is 0 Å². The molecule has 6 heteroatoms. The molecule has 0 radical (unpaired) electrons. The summed E-state index contributed by atoms with van der Waals surface area (Å²) in [6.07, 6.45) is 0.682. The summed E-state index contributed by atoms with van der Waals surface area (Å²) in [6, 6.07) is 14.3. The summed E-state index contributed by atoms with van der Waals surface area (Å²) in [5.41, 5.74) is 4.19. The third-order valence-corrected chi connectivity index (χ3v) is 3.51. The van der Waals surface area contributed by atoms with Crippen LogP contribution in [-0.4, -0.2) is 25.3 Å². The molecule has 0 fully saturated rings. The fourth-order valence-electron chi connectivity index (χ4n) is 1.97. The van der Waals surface area contributed by atoms with Crippen molar-refractivity contribution in [1.29, 1.82) is 0 Å². The number of rotatable bonds is 7. The lowest BCUT2D eigenvalue weighted by Crippen LogP contribution is -2.26. The standard InChI is InChI=1S/C18H19ClN2O3/c1-3-17(13-4-6-14(19)7-5-13)20-21-18(22)12-24-16-10-8-15(23-2)9-11-16/h4-11H,3,12H2,1-2H3,(H,21,22)/b20-17-. The maximum Gasteiger partial charge on any atom is 0.277 e. The monoisotopic (exact) mass is 346 g/mol. The average Bonchev–Trinajstić information content (AvgIpc) is 2.62. The fraction of sp³-hybridized carbons (Fsp3) is 0.222. The number of hydrogen-bond donors (Lipinski definition) is 1. The number of halogens is 1. The molecule has 24 heavy (non-hydrogen) atoms. The number of nitrogens with zero attached hydrogens (tertiary/aromatic N) is 1. The van der Waals surface area contributed by atoms with Crippen LogP contribution in [-0.2, 0) is 4.79 Å². The molecule has 5 nitrogen and oxygen atoms in total. The molecule has 0 heterocycles. The third kappa shape index (κ3) is 5.28. The van der Waals surface area contributed by atoms with Crippen LogP contribution < -0.4 is 14.9 Å². The maximum absolute atomic E-state index is 11.9. The van der Waals surface area contributed by atoms with Crippen molar-refractivity contribution in [2.24, 2.45) is 5.10 Å². The molecule has 0 bridgehead atoms. The predicted molar refractivity (Wildman–Crippen MR) is 94.9 cm³/mol. The molecule has 0 aliphatic rings. The number of carbonyl (C=O) groups is 1. The summed E-state index contributed by atoms with van der Waals surface area (Å²) in [7, 11) is 1.59. The molecule has 0 aromatic heterocycles. The highest BCUT2D eigenvalue weighted by Gasteiger charge is 2.05. The number of hydrazone groups is 1. The van der Waals surface area contributed by atoms with Crippen molar-refractivity contribution >= 4 is 23.2 Å². The largest absolute Gasteiger partial charge is 0.497 e. The zero-order chi connectivity index (χ0) is 17.4. The quantitative estimate of drug-likeness (QED) is 0.615. The number of benzene rings is 2. The summed E-state index contributed by atoms with van der Waals surface area (Å²) in [5.74, 6) is 0.987. The van der Waals surface area contributed by atoms with E-state index in [9.17, 15) is 4.79 Å². The average molecular weight is 347 g/mol. The fourth-order valence-corrected chi connectivity index (χ4v) is 2.10. The Labute approximate surface area is 146 Å². The van der Waals surface area contributed by atoms with E-state index in [1.807, 2.05) is 19.1 Å². The molecular weight excluding hydrogens is 328 g/mol. The van der Waals surface area contributed by atoms with Crippen molar-refractivity contribution in [3.05, 3.63) is 59.1 Å². The predicted octanol–water partition coefficient (Wildman–Crippen LogP) is 3.66. The summed E-state index contributed by atoms with van der Waals surface area (Å²) in [4.78, 5) is 11.9. The highest BCUT2D eigenvalue weighted by Crippen LogP contribution is 2.16. The lowest BCUT2D eigenvalue weighted by molar-refractivity contribution is -0.123. The Morgan fingerprint density at radius 3 is 2.29 bits per heavy atom. The molecule has 2 aromatic carbocycles. The maximum atomic E-state index is 11.9. The van der Waals surface area contributed by atoms with E-state index in [2.05, 4.69) is 10.5 Å². The Balaban J connectivity index is 1.89. The molecule has 0 atom stereocenters. The molecule has 2 rings (SSSR count). The van der Waals surface area contributed by atoms with E-state index in [0.717, 1.165) is 17.0 Å². The van der Waals surface area contributed by atoms with Crippen LogP contribution in [0, 0.1) is 0 Å². The molecule has 0 aliphatic carbocycles. The van der Waals surface area contributed by atoms with E-state index in [1.165, 1.54) is 0 Å². The Morgan fingerprint density at radius 1 is 1.08 bits per heavy atom. The molecule has 0 saturated carbocycles. The number of carbonyl (C=O) groups excluding carboxylic acids is 1. The Morgan fingerprint density at radius 2 is 1.71 bits per heavy atom. The molecule has 0 spiro atoms. The van der Waals surface area contributed by atoms with Crippen molar-refractivity contribution in [3.63, 3.8) is 0 Å².